The zero-order chi connectivity index (χ0) is 20.7. The molecular formula is C20H20N4O4S. The quantitative estimate of drug-likeness (QED) is 0.510. The number of carbonyl (C=O) groups excluding carboxylic acids is 1. The van der Waals surface area contributed by atoms with Gasteiger partial charge < -0.3 is 5.73 Å². The summed E-state index contributed by atoms with van der Waals surface area (Å²) >= 11 is 1.54. The average molecular weight is 412 g/mol. The summed E-state index contributed by atoms with van der Waals surface area (Å²) in [6.45, 7) is 1.59. The highest BCUT2D eigenvalue weighted by Crippen LogP contribution is 2.34. The number of thiophene rings is 1. The maximum atomic E-state index is 13.4. The van der Waals surface area contributed by atoms with Crippen LogP contribution < -0.4 is 11.3 Å². The lowest BCUT2D eigenvalue weighted by Crippen LogP contribution is -2.35. The second-order valence-electron chi connectivity index (χ2n) is 7.27. The van der Waals surface area contributed by atoms with Crippen molar-refractivity contribution in [2.75, 3.05) is 0 Å². The highest BCUT2D eigenvalue weighted by Gasteiger charge is 2.25. The second-order valence-corrected chi connectivity index (χ2v) is 8.36. The Kier molecular flexibility index (Phi) is 4.91. The molecular weight excluding hydrogens is 392 g/mol. The van der Waals surface area contributed by atoms with Crippen LogP contribution in [0.15, 0.2) is 29.1 Å². The third-order valence-corrected chi connectivity index (χ3v) is 6.59. The fourth-order valence-corrected chi connectivity index (χ4v) is 5.10. The molecule has 0 radical (unpaired) electrons. The Morgan fingerprint density at radius 1 is 1.31 bits per heavy atom. The van der Waals surface area contributed by atoms with Crippen LogP contribution in [-0.2, 0) is 24.1 Å². The first kappa shape index (κ1) is 19.3. The Morgan fingerprint density at radius 3 is 2.66 bits per heavy atom. The van der Waals surface area contributed by atoms with E-state index >= 15 is 0 Å². The number of benzene rings is 1. The van der Waals surface area contributed by atoms with E-state index < -0.39 is 16.9 Å². The predicted octanol–water partition coefficient (Wildman–Crippen LogP) is 2.88. The molecule has 0 saturated carbocycles. The van der Waals surface area contributed by atoms with Gasteiger partial charge in [0.15, 0.2) is 0 Å². The SMILES string of the molecule is CC(C(N)=O)n1c(Cc2ccc([N+](=O)[O-])cc2)nc2sc3c(c2c1=O)CCCC3. The van der Waals surface area contributed by atoms with E-state index in [1.165, 1.54) is 21.6 Å². The Balaban J connectivity index is 1.87. The van der Waals surface area contributed by atoms with E-state index in [-0.39, 0.29) is 17.7 Å². The zero-order valence-corrected chi connectivity index (χ0v) is 16.7. The molecule has 0 spiro atoms. The molecule has 3 aromatic rings. The molecule has 1 aromatic carbocycles. The van der Waals surface area contributed by atoms with E-state index in [1.54, 1.807) is 30.4 Å². The maximum absolute atomic E-state index is 13.4. The van der Waals surface area contributed by atoms with Crippen molar-refractivity contribution in [3.63, 3.8) is 0 Å². The molecule has 0 fully saturated rings. The molecule has 2 aromatic heterocycles. The molecule has 2 N–H and O–H groups in total. The standard InChI is InChI=1S/C20H20N4O4S/c1-11(18(21)25)23-16(10-12-6-8-13(9-7-12)24(27)28)22-19-17(20(23)26)14-4-2-3-5-15(14)29-19/h6-9,11H,2-5,10H2,1H3,(H2,21,25). The van der Waals surface area contributed by atoms with Crippen LogP contribution in [0.4, 0.5) is 5.69 Å². The van der Waals surface area contributed by atoms with Gasteiger partial charge in [-0.2, -0.15) is 0 Å². The van der Waals surface area contributed by atoms with Crippen LogP contribution in [0.5, 0.6) is 0 Å². The van der Waals surface area contributed by atoms with Crippen molar-refractivity contribution >= 4 is 33.1 Å². The first-order valence-corrected chi connectivity index (χ1v) is 10.3. The molecule has 8 nitrogen and oxygen atoms in total. The summed E-state index contributed by atoms with van der Waals surface area (Å²) in [5.74, 6) is -0.177. The maximum Gasteiger partial charge on any atom is 0.269 e. The van der Waals surface area contributed by atoms with Crippen molar-refractivity contribution in [3.05, 3.63) is 66.6 Å². The number of nitrogens with two attached hydrogens (primary N) is 1. The lowest BCUT2D eigenvalue weighted by molar-refractivity contribution is -0.384. The molecule has 1 amide bonds. The molecule has 0 aliphatic heterocycles. The molecule has 4 rings (SSSR count). The summed E-state index contributed by atoms with van der Waals surface area (Å²) < 4.78 is 1.38. The molecule has 0 bridgehead atoms. The van der Waals surface area contributed by atoms with Gasteiger partial charge in [0.25, 0.3) is 11.2 Å². The van der Waals surface area contributed by atoms with Crippen molar-refractivity contribution in [1.82, 2.24) is 9.55 Å². The Morgan fingerprint density at radius 2 is 2.00 bits per heavy atom. The van der Waals surface area contributed by atoms with Gasteiger partial charge in [0.1, 0.15) is 16.7 Å². The summed E-state index contributed by atoms with van der Waals surface area (Å²) in [4.78, 5) is 42.3. The van der Waals surface area contributed by atoms with E-state index in [9.17, 15) is 19.7 Å². The normalized spacial score (nSPS) is 14.5. The molecule has 2 heterocycles. The number of rotatable bonds is 5. The minimum atomic E-state index is -0.841. The molecule has 9 heteroatoms. The third kappa shape index (κ3) is 3.42. The number of amides is 1. The van der Waals surface area contributed by atoms with Gasteiger partial charge >= 0.3 is 0 Å². The number of non-ortho nitro benzene ring substituents is 1. The van der Waals surface area contributed by atoms with E-state index in [4.69, 9.17) is 10.7 Å². The lowest BCUT2D eigenvalue weighted by Gasteiger charge is -2.17. The molecule has 0 saturated heterocycles. The lowest BCUT2D eigenvalue weighted by atomic mass is 9.97. The Labute approximate surface area is 170 Å². The molecule has 1 atom stereocenters. The topological polar surface area (TPSA) is 121 Å². The highest BCUT2D eigenvalue weighted by molar-refractivity contribution is 7.18. The van der Waals surface area contributed by atoms with Gasteiger partial charge in [0.05, 0.1) is 10.3 Å². The van der Waals surface area contributed by atoms with Crippen LogP contribution in [0.1, 0.15) is 47.6 Å². The Bertz CT molecular complexity index is 1180. The van der Waals surface area contributed by atoms with Crippen LogP contribution in [0.2, 0.25) is 0 Å². The highest BCUT2D eigenvalue weighted by atomic mass is 32.1. The van der Waals surface area contributed by atoms with Crippen molar-refractivity contribution in [1.29, 1.82) is 0 Å². The summed E-state index contributed by atoms with van der Waals surface area (Å²) in [6.07, 6.45) is 4.19. The first-order valence-electron chi connectivity index (χ1n) is 9.45. The van der Waals surface area contributed by atoms with Crippen LogP contribution in [-0.4, -0.2) is 20.4 Å². The predicted molar refractivity (Wildman–Crippen MR) is 110 cm³/mol. The van der Waals surface area contributed by atoms with Gasteiger partial charge in [0, 0.05) is 23.4 Å². The summed E-state index contributed by atoms with van der Waals surface area (Å²) in [5, 5.41) is 11.5. The van der Waals surface area contributed by atoms with E-state index in [0.717, 1.165) is 36.8 Å². The number of fused-ring (bicyclic) bond motifs is 3. The van der Waals surface area contributed by atoms with E-state index in [0.29, 0.717) is 16.0 Å². The minimum absolute atomic E-state index is 0.00834. The van der Waals surface area contributed by atoms with Crippen molar-refractivity contribution < 1.29 is 9.72 Å². The van der Waals surface area contributed by atoms with Crippen LogP contribution in [0.25, 0.3) is 10.2 Å². The van der Waals surface area contributed by atoms with Gasteiger partial charge in [-0.3, -0.25) is 24.3 Å². The van der Waals surface area contributed by atoms with Gasteiger partial charge in [0.2, 0.25) is 5.91 Å². The third-order valence-electron chi connectivity index (χ3n) is 5.40. The summed E-state index contributed by atoms with van der Waals surface area (Å²) in [5.41, 5.74) is 7.08. The number of nitro groups is 1. The number of nitrogens with zero attached hydrogens (tertiary/aromatic N) is 3. The molecule has 29 heavy (non-hydrogen) atoms. The fourth-order valence-electron chi connectivity index (χ4n) is 3.83. The van der Waals surface area contributed by atoms with Gasteiger partial charge in [-0.1, -0.05) is 12.1 Å². The van der Waals surface area contributed by atoms with E-state index in [2.05, 4.69) is 0 Å². The van der Waals surface area contributed by atoms with Crippen LogP contribution >= 0.6 is 11.3 Å². The van der Waals surface area contributed by atoms with Crippen LogP contribution in [0, 0.1) is 10.1 Å². The molecule has 1 unspecified atom stereocenters. The van der Waals surface area contributed by atoms with Crippen molar-refractivity contribution in [2.24, 2.45) is 5.73 Å². The zero-order valence-electron chi connectivity index (χ0n) is 15.9. The number of hydrogen-bond donors (Lipinski definition) is 1. The minimum Gasteiger partial charge on any atom is -0.368 e. The second kappa shape index (κ2) is 7.40. The van der Waals surface area contributed by atoms with Gasteiger partial charge in [-0.05, 0) is 43.7 Å². The summed E-state index contributed by atoms with van der Waals surface area (Å²) in [6, 6.07) is 5.25. The Hall–Kier alpha value is -3.07. The molecule has 1 aliphatic rings. The monoisotopic (exact) mass is 412 g/mol. The van der Waals surface area contributed by atoms with Gasteiger partial charge in [-0.25, -0.2) is 4.98 Å². The first-order chi connectivity index (χ1) is 13.9. The number of primary amides is 1. The number of hydrogen-bond acceptors (Lipinski definition) is 6. The fraction of sp³-hybridized carbons (Fsp3) is 0.350. The number of carbonyl (C=O) groups is 1. The number of nitro benzene ring substituents is 1. The van der Waals surface area contributed by atoms with Crippen molar-refractivity contribution in [2.45, 2.75) is 45.1 Å². The van der Waals surface area contributed by atoms with Crippen molar-refractivity contribution in [3.8, 4) is 0 Å². The molecule has 150 valence electrons. The number of aryl methyl sites for hydroxylation is 2. The molecule has 1 aliphatic carbocycles. The van der Waals surface area contributed by atoms with Gasteiger partial charge in [-0.15, -0.1) is 11.3 Å². The summed E-state index contributed by atoms with van der Waals surface area (Å²) in [7, 11) is 0. The smallest absolute Gasteiger partial charge is 0.269 e. The largest absolute Gasteiger partial charge is 0.368 e. The van der Waals surface area contributed by atoms with Crippen LogP contribution in [0.3, 0.4) is 0 Å². The number of aromatic nitrogens is 2. The van der Waals surface area contributed by atoms with E-state index in [1.807, 2.05) is 0 Å². The average Bonchev–Trinajstić information content (AvgIpc) is 3.06.